The number of rotatable bonds is 6. The highest BCUT2D eigenvalue weighted by Gasteiger charge is 2.09. The van der Waals surface area contributed by atoms with E-state index in [1.807, 2.05) is 25.1 Å². The molecule has 0 saturated carbocycles. The van der Waals surface area contributed by atoms with E-state index in [0.717, 1.165) is 27.1 Å². The Hall–Kier alpha value is -2.69. The molecule has 0 bridgehead atoms. The van der Waals surface area contributed by atoms with Crippen molar-refractivity contribution in [1.29, 1.82) is 0 Å². The van der Waals surface area contributed by atoms with Gasteiger partial charge in [0.15, 0.2) is 0 Å². The highest BCUT2D eigenvalue weighted by molar-refractivity contribution is 14.1. The molecule has 25 heavy (non-hydrogen) atoms. The summed E-state index contributed by atoms with van der Waals surface area (Å²) in [5.74, 6) is -0.562. The number of hydrogen-bond donors (Lipinski definition) is 3. The fourth-order valence-corrected chi connectivity index (χ4v) is 2.24. The van der Waals surface area contributed by atoms with Crippen molar-refractivity contribution in [2.24, 2.45) is 5.10 Å². The lowest BCUT2D eigenvalue weighted by Crippen LogP contribution is -2.25. The number of nitro groups is 1. The second-order valence-electron chi connectivity index (χ2n) is 5.11. The van der Waals surface area contributed by atoms with E-state index in [4.69, 9.17) is 0 Å². The minimum Gasteiger partial charge on any atom is -0.507 e. The number of amides is 1. The molecule has 3 N–H and O–H groups in total. The SMILES string of the molecule is Cc1cc(NCC(=O)N/N=C/c2cc([N+](=O)[O-])ccc2O)ccc1I. The Kier molecular flexibility index (Phi) is 6.28. The molecule has 9 heteroatoms. The number of non-ortho nitro benzene ring substituents is 1. The third-order valence-electron chi connectivity index (χ3n) is 3.23. The summed E-state index contributed by atoms with van der Waals surface area (Å²) in [4.78, 5) is 21.9. The molecule has 130 valence electrons. The van der Waals surface area contributed by atoms with Crippen molar-refractivity contribution in [2.75, 3.05) is 11.9 Å². The molecule has 2 rings (SSSR count). The van der Waals surface area contributed by atoms with Crippen LogP contribution in [0.1, 0.15) is 11.1 Å². The molecule has 1 amide bonds. The van der Waals surface area contributed by atoms with E-state index in [9.17, 15) is 20.0 Å². The summed E-state index contributed by atoms with van der Waals surface area (Å²) < 4.78 is 1.13. The Labute approximate surface area is 157 Å². The fourth-order valence-electron chi connectivity index (χ4n) is 1.91. The molecule has 0 spiro atoms. The molecule has 0 atom stereocenters. The van der Waals surface area contributed by atoms with Crippen LogP contribution in [0.25, 0.3) is 0 Å². The van der Waals surface area contributed by atoms with Crippen LogP contribution in [0.3, 0.4) is 0 Å². The molecule has 2 aromatic rings. The summed E-state index contributed by atoms with van der Waals surface area (Å²) in [6.07, 6.45) is 1.15. The summed E-state index contributed by atoms with van der Waals surface area (Å²) in [7, 11) is 0. The zero-order chi connectivity index (χ0) is 18.4. The summed E-state index contributed by atoms with van der Waals surface area (Å²) >= 11 is 2.23. The van der Waals surface area contributed by atoms with Gasteiger partial charge < -0.3 is 10.4 Å². The average Bonchev–Trinajstić information content (AvgIpc) is 2.57. The Morgan fingerprint density at radius 2 is 2.12 bits per heavy atom. The van der Waals surface area contributed by atoms with Crippen LogP contribution in [-0.4, -0.2) is 28.7 Å². The number of aromatic hydroxyl groups is 1. The number of aryl methyl sites for hydroxylation is 1. The number of carbonyl (C=O) groups excluding carboxylic acids is 1. The van der Waals surface area contributed by atoms with Gasteiger partial charge in [0.25, 0.3) is 11.6 Å². The second-order valence-corrected chi connectivity index (χ2v) is 6.27. The smallest absolute Gasteiger partial charge is 0.270 e. The zero-order valence-electron chi connectivity index (χ0n) is 13.2. The number of phenolic OH excluding ortho intramolecular Hbond substituents is 1. The normalized spacial score (nSPS) is 10.6. The molecule has 0 fully saturated rings. The van der Waals surface area contributed by atoms with E-state index in [1.54, 1.807) is 0 Å². The van der Waals surface area contributed by atoms with Gasteiger partial charge in [0.2, 0.25) is 0 Å². The number of nitrogens with zero attached hydrogens (tertiary/aromatic N) is 2. The van der Waals surface area contributed by atoms with Crippen molar-refractivity contribution < 1.29 is 14.8 Å². The summed E-state index contributed by atoms with van der Waals surface area (Å²) in [5.41, 5.74) is 4.16. The quantitative estimate of drug-likeness (QED) is 0.269. The molecule has 0 heterocycles. The highest BCUT2D eigenvalue weighted by Crippen LogP contribution is 2.21. The van der Waals surface area contributed by atoms with E-state index < -0.39 is 10.8 Å². The van der Waals surface area contributed by atoms with Gasteiger partial charge in [-0.2, -0.15) is 5.10 Å². The number of nitrogens with one attached hydrogen (secondary N) is 2. The Bertz CT molecular complexity index is 839. The molecule has 0 aromatic heterocycles. The van der Waals surface area contributed by atoms with E-state index >= 15 is 0 Å². The molecule has 0 radical (unpaired) electrons. The van der Waals surface area contributed by atoms with Gasteiger partial charge in [-0.05, 0) is 59.3 Å². The van der Waals surface area contributed by atoms with Crippen LogP contribution >= 0.6 is 22.6 Å². The third kappa shape index (κ3) is 5.41. The maximum atomic E-state index is 11.8. The summed E-state index contributed by atoms with van der Waals surface area (Å²) in [5, 5.41) is 27.0. The summed E-state index contributed by atoms with van der Waals surface area (Å²) in [6, 6.07) is 9.28. The Morgan fingerprint density at radius 1 is 1.36 bits per heavy atom. The minimum absolute atomic E-state index is 0.0122. The predicted molar refractivity (Wildman–Crippen MR) is 103 cm³/mol. The second kappa shape index (κ2) is 8.42. The van der Waals surface area contributed by atoms with Gasteiger partial charge in [0, 0.05) is 27.0 Å². The molecule has 0 saturated heterocycles. The zero-order valence-corrected chi connectivity index (χ0v) is 15.4. The number of nitro benzene ring substituents is 1. The van der Waals surface area contributed by atoms with Gasteiger partial charge in [-0.3, -0.25) is 14.9 Å². The molecule has 0 aliphatic carbocycles. The van der Waals surface area contributed by atoms with Crippen LogP contribution in [0.4, 0.5) is 11.4 Å². The van der Waals surface area contributed by atoms with Crippen molar-refractivity contribution >= 4 is 46.1 Å². The maximum absolute atomic E-state index is 11.8. The molecule has 0 aliphatic rings. The molecule has 0 unspecified atom stereocenters. The van der Waals surface area contributed by atoms with Crippen molar-refractivity contribution in [3.05, 3.63) is 61.2 Å². The number of phenols is 1. The molecule has 2 aromatic carbocycles. The standard InChI is InChI=1S/C16H15IN4O4/c1-10-6-12(2-4-14(10)17)18-9-16(23)20-19-8-11-7-13(21(24)25)3-5-15(11)22/h2-8,18,22H,9H2,1H3,(H,20,23)/b19-8+. The van der Waals surface area contributed by atoms with Crippen LogP contribution in [0.15, 0.2) is 41.5 Å². The first-order chi connectivity index (χ1) is 11.9. The Morgan fingerprint density at radius 3 is 2.80 bits per heavy atom. The van der Waals surface area contributed by atoms with E-state index in [1.165, 1.54) is 12.1 Å². The molecular weight excluding hydrogens is 439 g/mol. The monoisotopic (exact) mass is 454 g/mol. The van der Waals surface area contributed by atoms with Gasteiger partial charge >= 0.3 is 0 Å². The van der Waals surface area contributed by atoms with Crippen molar-refractivity contribution in [2.45, 2.75) is 6.92 Å². The fraction of sp³-hybridized carbons (Fsp3) is 0.125. The molecule has 8 nitrogen and oxygen atoms in total. The first-order valence-electron chi connectivity index (χ1n) is 7.16. The lowest BCUT2D eigenvalue weighted by atomic mass is 10.2. The van der Waals surface area contributed by atoms with Gasteiger partial charge in [0.05, 0.1) is 17.7 Å². The number of benzene rings is 2. The minimum atomic E-state index is -0.581. The largest absolute Gasteiger partial charge is 0.507 e. The summed E-state index contributed by atoms with van der Waals surface area (Å²) in [6.45, 7) is 1.99. The molecule has 0 aliphatic heterocycles. The van der Waals surface area contributed by atoms with Crippen LogP contribution in [0.2, 0.25) is 0 Å². The highest BCUT2D eigenvalue weighted by atomic mass is 127. The lowest BCUT2D eigenvalue weighted by Gasteiger charge is -2.07. The molecular formula is C16H15IN4O4. The van der Waals surface area contributed by atoms with Crippen LogP contribution in [-0.2, 0) is 4.79 Å². The number of carbonyl (C=O) groups is 1. The topological polar surface area (TPSA) is 117 Å². The first-order valence-corrected chi connectivity index (χ1v) is 8.24. The number of halogens is 1. The van der Waals surface area contributed by atoms with Crippen molar-refractivity contribution in [3.63, 3.8) is 0 Å². The third-order valence-corrected chi connectivity index (χ3v) is 4.44. The maximum Gasteiger partial charge on any atom is 0.270 e. The number of anilines is 1. The van der Waals surface area contributed by atoms with E-state index in [-0.39, 0.29) is 23.5 Å². The van der Waals surface area contributed by atoms with Crippen LogP contribution in [0.5, 0.6) is 5.75 Å². The van der Waals surface area contributed by atoms with Gasteiger partial charge in [-0.25, -0.2) is 5.43 Å². The van der Waals surface area contributed by atoms with Crippen molar-refractivity contribution in [3.8, 4) is 5.75 Å². The predicted octanol–water partition coefficient (Wildman–Crippen LogP) is 2.78. The average molecular weight is 454 g/mol. The number of hydrazone groups is 1. The van der Waals surface area contributed by atoms with Gasteiger partial charge in [-0.1, -0.05) is 0 Å². The Balaban J connectivity index is 1.91. The van der Waals surface area contributed by atoms with Gasteiger partial charge in [0.1, 0.15) is 5.75 Å². The lowest BCUT2D eigenvalue weighted by molar-refractivity contribution is -0.384. The van der Waals surface area contributed by atoms with Gasteiger partial charge in [-0.15, -0.1) is 0 Å². The van der Waals surface area contributed by atoms with Crippen molar-refractivity contribution in [1.82, 2.24) is 5.43 Å². The van der Waals surface area contributed by atoms with E-state index in [2.05, 4.69) is 38.4 Å². The van der Waals surface area contributed by atoms with E-state index in [0.29, 0.717) is 0 Å². The van der Waals surface area contributed by atoms with Crippen LogP contribution < -0.4 is 10.7 Å². The number of hydrogen-bond acceptors (Lipinski definition) is 6. The first kappa shape index (κ1) is 18.6. The van der Waals surface area contributed by atoms with Crippen LogP contribution in [0, 0.1) is 20.6 Å².